The fourth-order valence-electron chi connectivity index (χ4n) is 2.32. The highest BCUT2D eigenvalue weighted by Gasteiger charge is 2.23. The summed E-state index contributed by atoms with van der Waals surface area (Å²) in [7, 11) is 1.73. The summed E-state index contributed by atoms with van der Waals surface area (Å²) in [6.45, 7) is 4.75. The lowest BCUT2D eigenvalue weighted by Crippen LogP contribution is -2.41. The predicted molar refractivity (Wildman–Crippen MR) is 66.8 cm³/mol. The van der Waals surface area contributed by atoms with Crippen molar-refractivity contribution >= 4 is 0 Å². The van der Waals surface area contributed by atoms with Crippen LogP contribution in [0, 0.1) is 0 Å². The Kier molecular flexibility index (Phi) is 7.81. The summed E-state index contributed by atoms with van der Waals surface area (Å²) in [4.78, 5) is 0. The van der Waals surface area contributed by atoms with Crippen molar-refractivity contribution in [2.24, 2.45) is 0 Å². The molecule has 0 heterocycles. The lowest BCUT2D eigenvalue weighted by Gasteiger charge is -2.26. The topological polar surface area (TPSA) is 30.5 Å². The molecular formula is C13H27NO2. The highest BCUT2D eigenvalue weighted by atomic mass is 16.5. The van der Waals surface area contributed by atoms with Crippen LogP contribution in [0.5, 0.6) is 0 Å². The first kappa shape index (κ1) is 13.9. The molecule has 0 aromatic heterocycles. The molecule has 2 unspecified atom stereocenters. The van der Waals surface area contributed by atoms with Gasteiger partial charge in [-0.15, -0.1) is 0 Å². The van der Waals surface area contributed by atoms with E-state index in [1.54, 1.807) is 7.11 Å². The maximum atomic E-state index is 5.93. The Morgan fingerprint density at radius 3 is 2.69 bits per heavy atom. The first-order chi connectivity index (χ1) is 7.88. The first-order valence-corrected chi connectivity index (χ1v) is 6.72. The lowest BCUT2D eigenvalue weighted by atomic mass is 10.1. The zero-order chi connectivity index (χ0) is 11.6. The Bertz CT molecular complexity index is 164. The molecule has 1 rings (SSSR count). The van der Waals surface area contributed by atoms with Crippen molar-refractivity contribution in [1.29, 1.82) is 0 Å². The van der Waals surface area contributed by atoms with Crippen LogP contribution in [0.2, 0.25) is 0 Å². The molecule has 0 spiro atoms. The van der Waals surface area contributed by atoms with Gasteiger partial charge >= 0.3 is 0 Å². The van der Waals surface area contributed by atoms with Crippen molar-refractivity contribution in [3.8, 4) is 0 Å². The molecule has 0 bridgehead atoms. The molecule has 0 aromatic rings. The Hall–Kier alpha value is -0.120. The quantitative estimate of drug-likeness (QED) is 0.537. The van der Waals surface area contributed by atoms with E-state index >= 15 is 0 Å². The van der Waals surface area contributed by atoms with Crippen molar-refractivity contribution in [2.45, 2.75) is 57.6 Å². The van der Waals surface area contributed by atoms with Crippen LogP contribution >= 0.6 is 0 Å². The molecule has 1 aliphatic rings. The molecule has 96 valence electrons. The zero-order valence-corrected chi connectivity index (χ0v) is 10.8. The molecule has 0 aliphatic heterocycles. The van der Waals surface area contributed by atoms with Crippen LogP contribution in [-0.2, 0) is 9.47 Å². The Labute approximate surface area is 99.9 Å². The predicted octanol–water partition coefficient (Wildman–Crippen LogP) is 2.35. The van der Waals surface area contributed by atoms with Gasteiger partial charge in [-0.3, -0.25) is 0 Å². The largest absolute Gasteiger partial charge is 0.382 e. The molecular weight excluding hydrogens is 202 g/mol. The summed E-state index contributed by atoms with van der Waals surface area (Å²) in [6, 6.07) is 0.555. The van der Waals surface area contributed by atoms with E-state index in [0.29, 0.717) is 18.8 Å². The average Bonchev–Trinajstić information content (AvgIpc) is 2.52. The van der Waals surface area contributed by atoms with Crippen LogP contribution in [0.25, 0.3) is 0 Å². The molecule has 0 saturated heterocycles. The second-order valence-electron chi connectivity index (χ2n) is 4.60. The number of methoxy groups -OCH3 is 1. The van der Waals surface area contributed by atoms with Crippen LogP contribution in [0.15, 0.2) is 0 Å². The summed E-state index contributed by atoms with van der Waals surface area (Å²) in [5.74, 6) is 0. The molecule has 0 amide bonds. The van der Waals surface area contributed by atoms with E-state index in [1.165, 1.54) is 38.5 Å². The fraction of sp³-hybridized carbons (Fsp3) is 1.00. The number of rotatable bonds is 7. The van der Waals surface area contributed by atoms with Gasteiger partial charge in [0.05, 0.1) is 19.3 Å². The molecule has 1 saturated carbocycles. The van der Waals surface area contributed by atoms with E-state index in [-0.39, 0.29) is 0 Å². The maximum Gasteiger partial charge on any atom is 0.0729 e. The lowest BCUT2D eigenvalue weighted by molar-refractivity contribution is -0.00495. The van der Waals surface area contributed by atoms with Gasteiger partial charge in [0.25, 0.3) is 0 Å². The molecule has 2 atom stereocenters. The normalized spacial score (nSPS) is 26.6. The third kappa shape index (κ3) is 5.28. The Balaban J connectivity index is 2.32. The molecule has 1 fully saturated rings. The molecule has 0 aromatic carbocycles. The highest BCUT2D eigenvalue weighted by molar-refractivity contribution is 4.80. The summed E-state index contributed by atoms with van der Waals surface area (Å²) in [5.41, 5.74) is 0. The van der Waals surface area contributed by atoms with Crippen molar-refractivity contribution in [1.82, 2.24) is 5.32 Å². The average molecular weight is 229 g/mol. The fourth-order valence-corrected chi connectivity index (χ4v) is 2.32. The van der Waals surface area contributed by atoms with Gasteiger partial charge in [-0.2, -0.15) is 0 Å². The maximum absolute atomic E-state index is 5.93. The monoisotopic (exact) mass is 229 g/mol. The summed E-state index contributed by atoms with van der Waals surface area (Å²) in [5, 5.41) is 3.62. The molecule has 3 nitrogen and oxygen atoms in total. The van der Waals surface area contributed by atoms with Gasteiger partial charge < -0.3 is 14.8 Å². The molecule has 1 N–H and O–H groups in total. The van der Waals surface area contributed by atoms with Gasteiger partial charge in [-0.05, 0) is 25.8 Å². The third-order valence-electron chi connectivity index (χ3n) is 3.23. The third-order valence-corrected chi connectivity index (χ3v) is 3.23. The van der Waals surface area contributed by atoms with E-state index < -0.39 is 0 Å². The van der Waals surface area contributed by atoms with Gasteiger partial charge in [0, 0.05) is 13.2 Å². The number of hydrogen-bond acceptors (Lipinski definition) is 3. The molecule has 3 heteroatoms. The van der Waals surface area contributed by atoms with Crippen LogP contribution in [0.1, 0.15) is 45.4 Å². The summed E-state index contributed by atoms with van der Waals surface area (Å²) in [6.07, 6.45) is 8.05. The Morgan fingerprint density at radius 2 is 1.94 bits per heavy atom. The van der Waals surface area contributed by atoms with Crippen LogP contribution < -0.4 is 5.32 Å². The van der Waals surface area contributed by atoms with Crippen molar-refractivity contribution in [2.75, 3.05) is 26.9 Å². The zero-order valence-electron chi connectivity index (χ0n) is 10.8. The van der Waals surface area contributed by atoms with E-state index in [4.69, 9.17) is 9.47 Å². The number of ether oxygens (including phenoxy) is 2. The van der Waals surface area contributed by atoms with E-state index in [0.717, 1.165) is 13.2 Å². The minimum absolute atomic E-state index is 0.393. The van der Waals surface area contributed by atoms with E-state index in [1.807, 2.05) is 0 Å². The van der Waals surface area contributed by atoms with Crippen LogP contribution in [0.4, 0.5) is 0 Å². The Morgan fingerprint density at radius 1 is 1.12 bits per heavy atom. The highest BCUT2D eigenvalue weighted by Crippen LogP contribution is 2.20. The van der Waals surface area contributed by atoms with Crippen LogP contribution in [0.3, 0.4) is 0 Å². The minimum Gasteiger partial charge on any atom is -0.382 e. The van der Waals surface area contributed by atoms with Crippen LogP contribution in [-0.4, -0.2) is 39.0 Å². The number of nitrogens with one attached hydrogen (secondary N) is 1. The van der Waals surface area contributed by atoms with E-state index in [2.05, 4.69) is 12.2 Å². The summed E-state index contributed by atoms with van der Waals surface area (Å²) < 4.78 is 11.0. The smallest absolute Gasteiger partial charge is 0.0729 e. The summed E-state index contributed by atoms with van der Waals surface area (Å²) >= 11 is 0. The first-order valence-electron chi connectivity index (χ1n) is 6.72. The SMILES string of the molecule is CCCNC1CCCCCC1OCCOC. The molecule has 1 aliphatic carbocycles. The van der Waals surface area contributed by atoms with Gasteiger partial charge in [0.2, 0.25) is 0 Å². The molecule has 0 radical (unpaired) electrons. The standard InChI is InChI=1S/C13H27NO2/c1-3-9-14-12-7-5-4-6-8-13(12)16-11-10-15-2/h12-14H,3-11H2,1-2H3. The van der Waals surface area contributed by atoms with E-state index in [9.17, 15) is 0 Å². The van der Waals surface area contributed by atoms with Gasteiger partial charge in [0.1, 0.15) is 0 Å². The van der Waals surface area contributed by atoms with Crippen molar-refractivity contribution < 1.29 is 9.47 Å². The van der Waals surface area contributed by atoms with Gasteiger partial charge in [-0.25, -0.2) is 0 Å². The number of hydrogen-bond donors (Lipinski definition) is 1. The van der Waals surface area contributed by atoms with Gasteiger partial charge in [0.15, 0.2) is 0 Å². The van der Waals surface area contributed by atoms with Crippen molar-refractivity contribution in [3.63, 3.8) is 0 Å². The van der Waals surface area contributed by atoms with Crippen molar-refractivity contribution in [3.05, 3.63) is 0 Å². The second-order valence-corrected chi connectivity index (χ2v) is 4.60. The van der Waals surface area contributed by atoms with Gasteiger partial charge in [-0.1, -0.05) is 26.2 Å². The second kappa shape index (κ2) is 8.97. The molecule has 16 heavy (non-hydrogen) atoms. The minimum atomic E-state index is 0.393.